The van der Waals surface area contributed by atoms with Crippen molar-refractivity contribution in [1.29, 1.82) is 0 Å². The molecule has 2 aromatic rings. The number of aryl methyl sites for hydroxylation is 1. The number of hydrogen-bond donors (Lipinski definition) is 0. The topological polar surface area (TPSA) is 33.5 Å². The van der Waals surface area contributed by atoms with Crippen molar-refractivity contribution >= 4 is 11.6 Å². The fourth-order valence-electron chi connectivity index (χ4n) is 1.48. The zero-order chi connectivity index (χ0) is 11.5. The monoisotopic (exact) mass is 215 g/mol. The number of furan rings is 1. The molecule has 0 radical (unpaired) electrons. The van der Waals surface area contributed by atoms with Crippen LogP contribution >= 0.6 is 0 Å². The van der Waals surface area contributed by atoms with Crippen molar-refractivity contribution in [2.45, 2.75) is 6.92 Å². The minimum atomic E-state index is -0.140. The molecule has 0 aliphatic carbocycles. The van der Waals surface area contributed by atoms with Gasteiger partial charge in [-0.05, 0) is 31.2 Å². The van der Waals surface area contributed by atoms with Gasteiger partial charge in [-0.15, -0.1) is 0 Å². The van der Waals surface area contributed by atoms with Crippen LogP contribution in [0.4, 0.5) is 5.69 Å². The van der Waals surface area contributed by atoms with Crippen molar-refractivity contribution < 1.29 is 9.21 Å². The van der Waals surface area contributed by atoms with E-state index in [-0.39, 0.29) is 5.91 Å². The van der Waals surface area contributed by atoms with Gasteiger partial charge in [0.25, 0.3) is 5.91 Å². The fourth-order valence-corrected chi connectivity index (χ4v) is 1.48. The quantitative estimate of drug-likeness (QED) is 0.771. The highest BCUT2D eigenvalue weighted by atomic mass is 16.3. The van der Waals surface area contributed by atoms with E-state index in [1.807, 2.05) is 37.3 Å². The molecule has 16 heavy (non-hydrogen) atoms. The molecule has 0 saturated carbocycles. The smallest absolute Gasteiger partial charge is 0.293 e. The van der Waals surface area contributed by atoms with Crippen LogP contribution in [-0.2, 0) is 0 Å². The number of carbonyl (C=O) groups excluding carboxylic acids is 1. The van der Waals surface area contributed by atoms with E-state index in [0.717, 1.165) is 11.4 Å². The largest absolute Gasteiger partial charge is 0.456 e. The fraction of sp³-hybridized carbons (Fsp3) is 0.154. The van der Waals surface area contributed by atoms with Gasteiger partial charge in [0.05, 0.1) is 0 Å². The molecule has 1 aromatic heterocycles. The summed E-state index contributed by atoms with van der Waals surface area (Å²) >= 11 is 0. The first kappa shape index (κ1) is 10.5. The molecular formula is C13H13NO2. The average molecular weight is 215 g/mol. The molecule has 1 amide bonds. The van der Waals surface area contributed by atoms with E-state index in [4.69, 9.17) is 4.42 Å². The third-order valence-electron chi connectivity index (χ3n) is 2.40. The first-order chi connectivity index (χ1) is 7.68. The molecule has 82 valence electrons. The Morgan fingerprint density at radius 2 is 1.81 bits per heavy atom. The molecular weight excluding hydrogens is 202 g/mol. The third kappa shape index (κ3) is 1.98. The summed E-state index contributed by atoms with van der Waals surface area (Å²) in [7, 11) is 1.73. The minimum absolute atomic E-state index is 0.140. The zero-order valence-electron chi connectivity index (χ0n) is 9.31. The Kier molecular flexibility index (Phi) is 2.77. The summed E-state index contributed by atoms with van der Waals surface area (Å²) in [5.41, 5.74) is 0.849. The Bertz CT molecular complexity index is 488. The maximum atomic E-state index is 12.0. The Morgan fingerprint density at radius 1 is 1.12 bits per heavy atom. The van der Waals surface area contributed by atoms with Crippen LogP contribution in [0.3, 0.4) is 0 Å². The lowest BCUT2D eigenvalue weighted by Gasteiger charge is -2.15. The third-order valence-corrected chi connectivity index (χ3v) is 2.40. The lowest BCUT2D eigenvalue weighted by atomic mass is 10.3. The average Bonchev–Trinajstić information content (AvgIpc) is 2.75. The molecule has 0 atom stereocenters. The van der Waals surface area contributed by atoms with Crippen LogP contribution in [-0.4, -0.2) is 13.0 Å². The first-order valence-corrected chi connectivity index (χ1v) is 5.08. The zero-order valence-corrected chi connectivity index (χ0v) is 9.31. The normalized spacial score (nSPS) is 10.1. The van der Waals surface area contributed by atoms with Gasteiger partial charge < -0.3 is 9.32 Å². The molecule has 0 aliphatic rings. The van der Waals surface area contributed by atoms with E-state index in [2.05, 4.69) is 0 Å². The maximum absolute atomic E-state index is 12.0. The van der Waals surface area contributed by atoms with Gasteiger partial charge in [0.15, 0.2) is 5.76 Å². The molecule has 3 heteroatoms. The Morgan fingerprint density at radius 3 is 2.38 bits per heavy atom. The van der Waals surface area contributed by atoms with Crippen molar-refractivity contribution in [3.05, 3.63) is 54.0 Å². The second-order valence-corrected chi connectivity index (χ2v) is 3.61. The van der Waals surface area contributed by atoms with Crippen molar-refractivity contribution in [2.24, 2.45) is 0 Å². The van der Waals surface area contributed by atoms with Crippen LogP contribution < -0.4 is 4.90 Å². The highest BCUT2D eigenvalue weighted by Crippen LogP contribution is 2.16. The summed E-state index contributed by atoms with van der Waals surface area (Å²) in [6.45, 7) is 1.82. The Labute approximate surface area is 94.3 Å². The highest BCUT2D eigenvalue weighted by molar-refractivity contribution is 6.03. The van der Waals surface area contributed by atoms with E-state index in [1.165, 1.54) is 0 Å². The summed E-state index contributed by atoms with van der Waals surface area (Å²) in [5, 5.41) is 0. The Hall–Kier alpha value is -2.03. The number of rotatable bonds is 2. The van der Waals surface area contributed by atoms with Crippen molar-refractivity contribution in [3.8, 4) is 0 Å². The highest BCUT2D eigenvalue weighted by Gasteiger charge is 2.16. The predicted octanol–water partition coefficient (Wildman–Crippen LogP) is 2.86. The van der Waals surface area contributed by atoms with E-state index in [0.29, 0.717) is 5.76 Å². The summed E-state index contributed by atoms with van der Waals surface area (Å²) in [4.78, 5) is 13.6. The van der Waals surface area contributed by atoms with E-state index >= 15 is 0 Å². The molecule has 3 nitrogen and oxygen atoms in total. The molecule has 0 fully saturated rings. The molecule has 1 aromatic carbocycles. The van der Waals surface area contributed by atoms with Crippen molar-refractivity contribution in [2.75, 3.05) is 11.9 Å². The van der Waals surface area contributed by atoms with Crippen LogP contribution in [0.2, 0.25) is 0 Å². The van der Waals surface area contributed by atoms with Crippen LogP contribution in [0.15, 0.2) is 46.9 Å². The predicted molar refractivity (Wildman–Crippen MR) is 62.6 cm³/mol. The number of carbonyl (C=O) groups is 1. The molecule has 0 aliphatic heterocycles. The van der Waals surface area contributed by atoms with Gasteiger partial charge in [-0.25, -0.2) is 0 Å². The van der Waals surface area contributed by atoms with Gasteiger partial charge in [-0.3, -0.25) is 4.79 Å². The van der Waals surface area contributed by atoms with E-state index < -0.39 is 0 Å². The number of anilines is 1. The van der Waals surface area contributed by atoms with Gasteiger partial charge in [-0.1, -0.05) is 18.2 Å². The number of nitrogens with zero attached hydrogens (tertiary/aromatic N) is 1. The van der Waals surface area contributed by atoms with Gasteiger partial charge in [0.2, 0.25) is 0 Å². The van der Waals surface area contributed by atoms with Crippen LogP contribution in [0.25, 0.3) is 0 Å². The van der Waals surface area contributed by atoms with E-state index in [9.17, 15) is 4.79 Å². The number of amides is 1. The SMILES string of the molecule is Cc1ccc(C(=O)N(C)c2ccccc2)o1. The van der Waals surface area contributed by atoms with Crippen molar-refractivity contribution in [3.63, 3.8) is 0 Å². The molecule has 0 bridgehead atoms. The van der Waals surface area contributed by atoms with Gasteiger partial charge in [0.1, 0.15) is 5.76 Å². The second kappa shape index (κ2) is 4.23. The van der Waals surface area contributed by atoms with E-state index in [1.54, 1.807) is 24.1 Å². The summed E-state index contributed by atoms with van der Waals surface area (Å²) in [6.07, 6.45) is 0. The molecule has 0 N–H and O–H groups in total. The molecule has 2 rings (SSSR count). The van der Waals surface area contributed by atoms with Gasteiger partial charge >= 0.3 is 0 Å². The molecule has 0 saturated heterocycles. The summed E-state index contributed by atoms with van der Waals surface area (Å²) in [5.74, 6) is 0.966. The Balaban J connectivity index is 2.23. The van der Waals surface area contributed by atoms with Crippen molar-refractivity contribution in [1.82, 2.24) is 0 Å². The number of benzene rings is 1. The lowest BCUT2D eigenvalue weighted by molar-refractivity contribution is 0.0965. The van der Waals surface area contributed by atoms with Crippen LogP contribution in [0.5, 0.6) is 0 Å². The van der Waals surface area contributed by atoms with Gasteiger partial charge in [-0.2, -0.15) is 0 Å². The molecule has 1 heterocycles. The standard InChI is InChI=1S/C13H13NO2/c1-10-8-9-12(16-10)13(15)14(2)11-6-4-3-5-7-11/h3-9H,1-2H3. The second-order valence-electron chi connectivity index (χ2n) is 3.61. The number of hydrogen-bond acceptors (Lipinski definition) is 2. The maximum Gasteiger partial charge on any atom is 0.293 e. The van der Waals surface area contributed by atoms with Crippen LogP contribution in [0.1, 0.15) is 16.3 Å². The summed E-state index contributed by atoms with van der Waals surface area (Å²) < 4.78 is 5.30. The minimum Gasteiger partial charge on any atom is -0.456 e. The lowest BCUT2D eigenvalue weighted by Crippen LogP contribution is -2.25. The summed E-state index contributed by atoms with van der Waals surface area (Å²) in [6, 6.07) is 12.9. The van der Waals surface area contributed by atoms with Gasteiger partial charge in [0, 0.05) is 12.7 Å². The molecule has 0 spiro atoms. The van der Waals surface area contributed by atoms with Crippen LogP contribution in [0, 0.1) is 6.92 Å². The first-order valence-electron chi connectivity index (χ1n) is 5.08. The molecule has 0 unspecified atom stereocenters. The number of para-hydroxylation sites is 1.